The molecule has 0 atom stereocenters. The molecule has 0 aliphatic carbocycles. The molecule has 0 bridgehead atoms. The highest BCUT2D eigenvalue weighted by atomic mass is 19.1. The standard InChI is InChI=1S/C14H13FN2O/c1-18-14-8-2-11(3-9-14)10-16-17-13-6-4-12(15)5-7-13/h2-10,17H,1H3/b16-10+. The van der Waals surface area contributed by atoms with Crippen molar-refractivity contribution in [2.75, 3.05) is 12.5 Å². The van der Waals surface area contributed by atoms with Crippen molar-refractivity contribution >= 4 is 11.9 Å². The van der Waals surface area contributed by atoms with Gasteiger partial charge in [-0.3, -0.25) is 5.43 Å². The second-order valence-electron chi connectivity index (χ2n) is 3.65. The molecule has 0 aliphatic rings. The molecule has 0 heterocycles. The van der Waals surface area contributed by atoms with Gasteiger partial charge in [0.2, 0.25) is 0 Å². The average Bonchev–Trinajstić information content (AvgIpc) is 2.42. The molecule has 3 nitrogen and oxygen atoms in total. The molecule has 0 radical (unpaired) electrons. The lowest BCUT2D eigenvalue weighted by molar-refractivity contribution is 0.415. The number of rotatable bonds is 4. The van der Waals surface area contributed by atoms with E-state index in [0.717, 1.165) is 17.0 Å². The van der Waals surface area contributed by atoms with Crippen molar-refractivity contribution < 1.29 is 9.13 Å². The van der Waals surface area contributed by atoms with Gasteiger partial charge in [0.15, 0.2) is 0 Å². The molecule has 0 aliphatic heterocycles. The van der Waals surface area contributed by atoms with E-state index in [1.54, 1.807) is 25.5 Å². The Bertz CT molecular complexity index is 520. The first kappa shape index (κ1) is 12.1. The molecule has 1 N–H and O–H groups in total. The number of halogens is 1. The predicted molar refractivity (Wildman–Crippen MR) is 70.6 cm³/mol. The second-order valence-corrected chi connectivity index (χ2v) is 3.65. The molecule has 92 valence electrons. The van der Waals surface area contributed by atoms with Crippen LogP contribution in [0.15, 0.2) is 53.6 Å². The summed E-state index contributed by atoms with van der Waals surface area (Å²) in [6.45, 7) is 0. The van der Waals surface area contributed by atoms with Crippen molar-refractivity contribution in [1.29, 1.82) is 0 Å². The Labute approximate surface area is 105 Å². The highest BCUT2D eigenvalue weighted by molar-refractivity contribution is 5.80. The fourth-order valence-corrected chi connectivity index (χ4v) is 1.40. The largest absolute Gasteiger partial charge is 0.497 e. The molecule has 0 saturated carbocycles. The molecule has 0 amide bonds. The van der Waals surface area contributed by atoms with E-state index in [-0.39, 0.29) is 5.82 Å². The Morgan fingerprint density at radius 1 is 1.06 bits per heavy atom. The van der Waals surface area contributed by atoms with Gasteiger partial charge < -0.3 is 4.74 Å². The Balaban J connectivity index is 1.96. The SMILES string of the molecule is COc1ccc(/C=N/Nc2ccc(F)cc2)cc1. The van der Waals surface area contributed by atoms with Gasteiger partial charge in [-0.25, -0.2) is 4.39 Å². The summed E-state index contributed by atoms with van der Waals surface area (Å²) in [5, 5.41) is 4.06. The minimum atomic E-state index is -0.264. The third-order valence-corrected chi connectivity index (χ3v) is 2.37. The van der Waals surface area contributed by atoms with Gasteiger partial charge in [-0.1, -0.05) is 0 Å². The van der Waals surface area contributed by atoms with Crippen LogP contribution < -0.4 is 10.2 Å². The summed E-state index contributed by atoms with van der Waals surface area (Å²) in [6, 6.07) is 13.5. The molecule has 2 aromatic rings. The van der Waals surface area contributed by atoms with Crippen LogP contribution in [0.2, 0.25) is 0 Å². The van der Waals surface area contributed by atoms with Crippen molar-refractivity contribution in [2.24, 2.45) is 5.10 Å². The average molecular weight is 244 g/mol. The third-order valence-electron chi connectivity index (χ3n) is 2.37. The summed E-state index contributed by atoms with van der Waals surface area (Å²) in [4.78, 5) is 0. The van der Waals surface area contributed by atoms with Gasteiger partial charge in [0.25, 0.3) is 0 Å². The molecular formula is C14H13FN2O. The fraction of sp³-hybridized carbons (Fsp3) is 0.0714. The second kappa shape index (κ2) is 5.82. The van der Waals surface area contributed by atoms with Crippen LogP contribution in [0.3, 0.4) is 0 Å². The van der Waals surface area contributed by atoms with E-state index in [9.17, 15) is 4.39 Å². The van der Waals surface area contributed by atoms with Gasteiger partial charge in [0.1, 0.15) is 11.6 Å². The van der Waals surface area contributed by atoms with Gasteiger partial charge in [0.05, 0.1) is 19.0 Å². The van der Waals surface area contributed by atoms with Crippen LogP contribution in [0.5, 0.6) is 5.75 Å². The zero-order valence-electron chi connectivity index (χ0n) is 9.93. The number of hydrogen-bond acceptors (Lipinski definition) is 3. The van der Waals surface area contributed by atoms with Crippen molar-refractivity contribution in [3.8, 4) is 5.75 Å². The number of methoxy groups -OCH3 is 1. The summed E-state index contributed by atoms with van der Waals surface area (Å²) in [6.07, 6.45) is 1.68. The van der Waals surface area contributed by atoms with Gasteiger partial charge in [-0.2, -0.15) is 5.10 Å². The van der Waals surface area contributed by atoms with Crippen LogP contribution in [0, 0.1) is 5.82 Å². The van der Waals surface area contributed by atoms with Crippen molar-refractivity contribution in [3.63, 3.8) is 0 Å². The van der Waals surface area contributed by atoms with E-state index in [1.165, 1.54) is 12.1 Å². The molecular weight excluding hydrogens is 231 g/mol. The van der Waals surface area contributed by atoms with E-state index in [2.05, 4.69) is 10.5 Å². The summed E-state index contributed by atoms with van der Waals surface area (Å²) < 4.78 is 17.7. The normalized spacial score (nSPS) is 10.6. The monoisotopic (exact) mass is 244 g/mol. The third kappa shape index (κ3) is 3.31. The maximum absolute atomic E-state index is 12.7. The molecule has 0 fully saturated rings. The predicted octanol–water partition coefficient (Wildman–Crippen LogP) is 3.28. The molecule has 18 heavy (non-hydrogen) atoms. The molecule has 0 saturated heterocycles. The quantitative estimate of drug-likeness (QED) is 0.661. The van der Waals surface area contributed by atoms with E-state index < -0.39 is 0 Å². The first-order valence-electron chi connectivity index (χ1n) is 5.46. The van der Waals surface area contributed by atoms with E-state index in [0.29, 0.717) is 0 Å². The molecule has 4 heteroatoms. The van der Waals surface area contributed by atoms with Gasteiger partial charge in [0, 0.05) is 0 Å². The summed E-state index contributed by atoms with van der Waals surface area (Å²) in [7, 11) is 1.62. The van der Waals surface area contributed by atoms with Crippen LogP contribution in [0.4, 0.5) is 10.1 Å². The summed E-state index contributed by atoms with van der Waals surface area (Å²) in [5.41, 5.74) is 4.51. The number of ether oxygens (including phenoxy) is 1. The van der Waals surface area contributed by atoms with E-state index in [1.807, 2.05) is 24.3 Å². The van der Waals surface area contributed by atoms with Crippen molar-refractivity contribution in [3.05, 3.63) is 59.9 Å². The van der Waals surface area contributed by atoms with Crippen LogP contribution in [-0.2, 0) is 0 Å². The van der Waals surface area contributed by atoms with Crippen LogP contribution in [0.25, 0.3) is 0 Å². The Hall–Kier alpha value is -2.36. The first-order valence-corrected chi connectivity index (χ1v) is 5.46. The van der Waals surface area contributed by atoms with Crippen molar-refractivity contribution in [2.45, 2.75) is 0 Å². The molecule has 2 aromatic carbocycles. The highest BCUT2D eigenvalue weighted by Crippen LogP contribution is 2.10. The fourth-order valence-electron chi connectivity index (χ4n) is 1.40. The Morgan fingerprint density at radius 3 is 2.33 bits per heavy atom. The lowest BCUT2D eigenvalue weighted by Crippen LogP contribution is -1.91. The minimum Gasteiger partial charge on any atom is -0.497 e. The smallest absolute Gasteiger partial charge is 0.123 e. The van der Waals surface area contributed by atoms with Gasteiger partial charge >= 0.3 is 0 Å². The topological polar surface area (TPSA) is 33.6 Å². The Kier molecular flexibility index (Phi) is 3.91. The van der Waals surface area contributed by atoms with E-state index in [4.69, 9.17) is 4.74 Å². The molecule has 0 spiro atoms. The number of nitrogens with one attached hydrogen (secondary N) is 1. The molecule has 2 rings (SSSR count). The highest BCUT2D eigenvalue weighted by Gasteiger charge is 1.92. The van der Waals surface area contributed by atoms with Gasteiger partial charge in [-0.15, -0.1) is 0 Å². The lowest BCUT2D eigenvalue weighted by Gasteiger charge is -2.00. The van der Waals surface area contributed by atoms with Crippen molar-refractivity contribution in [1.82, 2.24) is 0 Å². The maximum atomic E-state index is 12.7. The molecule has 0 unspecified atom stereocenters. The zero-order chi connectivity index (χ0) is 12.8. The number of nitrogens with zero attached hydrogens (tertiary/aromatic N) is 1. The Morgan fingerprint density at radius 2 is 1.72 bits per heavy atom. The summed E-state index contributed by atoms with van der Waals surface area (Å²) in [5.74, 6) is 0.540. The van der Waals surface area contributed by atoms with Gasteiger partial charge in [-0.05, 0) is 54.1 Å². The lowest BCUT2D eigenvalue weighted by atomic mass is 10.2. The zero-order valence-corrected chi connectivity index (χ0v) is 9.93. The number of hydrazone groups is 1. The van der Waals surface area contributed by atoms with E-state index >= 15 is 0 Å². The minimum absolute atomic E-state index is 0.264. The van der Waals surface area contributed by atoms with Crippen LogP contribution in [-0.4, -0.2) is 13.3 Å². The molecule has 0 aromatic heterocycles. The number of anilines is 1. The summed E-state index contributed by atoms with van der Waals surface area (Å²) >= 11 is 0. The van der Waals surface area contributed by atoms with Crippen LogP contribution >= 0.6 is 0 Å². The maximum Gasteiger partial charge on any atom is 0.123 e. The number of benzene rings is 2. The van der Waals surface area contributed by atoms with Crippen LogP contribution in [0.1, 0.15) is 5.56 Å². The first-order chi connectivity index (χ1) is 8.78. The number of hydrogen-bond donors (Lipinski definition) is 1.